The Labute approximate surface area is 101 Å². The second-order valence-electron chi connectivity index (χ2n) is 3.46. The number of hydrogen-bond acceptors (Lipinski definition) is 5. The first-order chi connectivity index (χ1) is 7.88. The van der Waals surface area contributed by atoms with E-state index >= 15 is 0 Å². The molecule has 0 saturated heterocycles. The van der Waals surface area contributed by atoms with Gasteiger partial charge in [-0.05, 0) is 13.8 Å². The first-order valence-corrected chi connectivity index (χ1v) is 5.75. The van der Waals surface area contributed by atoms with Crippen molar-refractivity contribution in [1.29, 1.82) is 5.26 Å². The molecule has 1 aromatic heterocycles. The summed E-state index contributed by atoms with van der Waals surface area (Å²) >= 11 is 0.494. The molecule has 0 bridgehead atoms. The van der Waals surface area contributed by atoms with Gasteiger partial charge in [0.15, 0.2) is 0 Å². The minimum atomic E-state index is -4.46. The number of alkyl halides is 3. The van der Waals surface area contributed by atoms with Crippen LogP contribution in [0.1, 0.15) is 18.9 Å². The van der Waals surface area contributed by atoms with Gasteiger partial charge in [0.2, 0.25) is 10.1 Å². The fourth-order valence-electron chi connectivity index (χ4n) is 1.17. The van der Waals surface area contributed by atoms with E-state index in [1.165, 1.54) is 0 Å². The number of nitriles is 1. The van der Waals surface area contributed by atoms with Gasteiger partial charge in [0, 0.05) is 13.1 Å². The molecule has 0 aliphatic rings. The van der Waals surface area contributed by atoms with Crippen molar-refractivity contribution in [3.05, 3.63) is 5.01 Å². The highest BCUT2D eigenvalue weighted by Gasteiger charge is 2.36. The van der Waals surface area contributed by atoms with Crippen LogP contribution in [0.5, 0.6) is 0 Å². The summed E-state index contributed by atoms with van der Waals surface area (Å²) in [5.41, 5.74) is 0. The van der Waals surface area contributed by atoms with E-state index in [1.54, 1.807) is 18.7 Å². The fourth-order valence-corrected chi connectivity index (χ4v) is 1.96. The van der Waals surface area contributed by atoms with Crippen molar-refractivity contribution in [1.82, 2.24) is 10.2 Å². The Morgan fingerprint density at radius 2 is 2.12 bits per heavy atom. The summed E-state index contributed by atoms with van der Waals surface area (Å²) in [5.74, 6) is -0.270. The van der Waals surface area contributed by atoms with E-state index in [-0.39, 0.29) is 11.0 Å². The van der Waals surface area contributed by atoms with Crippen molar-refractivity contribution in [2.75, 3.05) is 18.0 Å². The molecule has 1 rings (SSSR count). The van der Waals surface area contributed by atoms with Gasteiger partial charge in [-0.2, -0.15) is 18.4 Å². The highest BCUT2D eigenvalue weighted by molar-refractivity contribution is 7.15. The molecule has 0 aliphatic heterocycles. The highest BCUT2D eigenvalue weighted by atomic mass is 32.1. The molecular formula is C9H11F3N4S. The predicted octanol–water partition coefficient (Wildman–Crippen LogP) is 2.54. The minimum absolute atomic E-state index is 0.196. The third-order valence-electron chi connectivity index (χ3n) is 2.02. The average Bonchev–Trinajstić information content (AvgIpc) is 2.74. The van der Waals surface area contributed by atoms with Crippen LogP contribution in [-0.2, 0) is 6.18 Å². The molecule has 0 aromatic carbocycles. The number of nitrogens with zero attached hydrogens (tertiary/aromatic N) is 4. The van der Waals surface area contributed by atoms with Crippen LogP contribution in [0, 0.1) is 17.2 Å². The highest BCUT2D eigenvalue weighted by Crippen LogP contribution is 2.34. The largest absolute Gasteiger partial charge is 0.445 e. The summed E-state index contributed by atoms with van der Waals surface area (Å²) in [4.78, 5) is 1.61. The number of aromatic nitrogens is 2. The molecule has 1 unspecified atom stereocenters. The minimum Gasteiger partial charge on any atom is -0.346 e. The van der Waals surface area contributed by atoms with Gasteiger partial charge < -0.3 is 4.90 Å². The molecular weight excluding hydrogens is 253 g/mol. The lowest BCUT2D eigenvalue weighted by Gasteiger charge is -2.19. The van der Waals surface area contributed by atoms with Gasteiger partial charge in [-0.15, -0.1) is 10.2 Å². The second-order valence-corrected chi connectivity index (χ2v) is 4.41. The van der Waals surface area contributed by atoms with Crippen molar-refractivity contribution in [3.63, 3.8) is 0 Å². The Morgan fingerprint density at radius 1 is 1.47 bits per heavy atom. The smallest absolute Gasteiger partial charge is 0.346 e. The molecule has 1 heterocycles. The van der Waals surface area contributed by atoms with E-state index in [0.29, 0.717) is 24.4 Å². The molecule has 0 radical (unpaired) electrons. The van der Waals surface area contributed by atoms with Gasteiger partial charge in [0.25, 0.3) is 0 Å². The zero-order chi connectivity index (χ0) is 13.1. The number of hydrogen-bond donors (Lipinski definition) is 0. The standard InChI is InChI=1S/C9H11F3N4S/c1-3-16(5-6(2)4-13)8-15-14-7(17-8)9(10,11)12/h6H,3,5H2,1-2H3. The monoisotopic (exact) mass is 264 g/mol. The topological polar surface area (TPSA) is 52.8 Å². The van der Waals surface area contributed by atoms with Gasteiger partial charge in [-0.25, -0.2) is 0 Å². The van der Waals surface area contributed by atoms with Crippen LogP contribution in [0.3, 0.4) is 0 Å². The maximum Gasteiger partial charge on any atom is 0.445 e. The molecule has 8 heteroatoms. The summed E-state index contributed by atoms with van der Waals surface area (Å²) in [5, 5.41) is 14.5. The fraction of sp³-hybridized carbons (Fsp3) is 0.667. The van der Waals surface area contributed by atoms with Crippen molar-refractivity contribution >= 4 is 16.5 Å². The molecule has 17 heavy (non-hydrogen) atoms. The molecule has 0 fully saturated rings. The Balaban J connectivity index is 2.84. The summed E-state index contributed by atoms with van der Waals surface area (Å²) < 4.78 is 37.0. The summed E-state index contributed by atoms with van der Waals surface area (Å²) in [6.45, 7) is 4.32. The van der Waals surface area contributed by atoms with E-state index in [9.17, 15) is 13.2 Å². The van der Waals surface area contributed by atoms with Crippen LogP contribution in [0.4, 0.5) is 18.3 Å². The van der Waals surface area contributed by atoms with Crippen LogP contribution in [0.25, 0.3) is 0 Å². The van der Waals surface area contributed by atoms with E-state index in [0.717, 1.165) is 0 Å². The van der Waals surface area contributed by atoms with Crippen LogP contribution in [0.2, 0.25) is 0 Å². The Morgan fingerprint density at radius 3 is 2.53 bits per heavy atom. The van der Waals surface area contributed by atoms with Gasteiger partial charge >= 0.3 is 6.18 Å². The second kappa shape index (κ2) is 5.31. The molecule has 0 N–H and O–H groups in total. The van der Waals surface area contributed by atoms with Gasteiger partial charge in [0.05, 0.1) is 12.0 Å². The van der Waals surface area contributed by atoms with E-state index in [2.05, 4.69) is 10.2 Å². The normalized spacial score (nSPS) is 13.2. The van der Waals surface area contributed by atoms with Crippen LogP contribution in [0.15, 0.2) is 0 Å². The molecule has 0 saturated carbocycles. The number of halogens is 3. The average molecular weight is 264 g/mol. The Kier molecular flexibility index (Phi) is 4.28. The van der Waals surface area contributed by atoms with E-state index < -0.39 is 11.2 Å². The van der Waals surface area contributed by atoms with Gasteiger partial charge in [0.1, 0.15) is 0 Å². The zero-order valence-corrected chi connectivity index (χ0v) is 10.1. The zero-order valence-electron chi connectivity index (χ0n) is 9.32. The van der Waals surface area contributed by atoms with Crippen molar-refractivity contribution in [2.45, 2.75) is 20.0 Å². The van der Waals surface area contributed by atoms with E-state index in [4.69, 9.17) is 5.26 Å². The molecule has 1 atom stereocenters. The first kappa shape index (κ1) is 13.7. The molecule has 1 aromatic rings. The van der Waals surface area contributed by atoms with Crippen molar-refractivity contribution in [3.8, 4) is 6.07 Å². The first-order valence-electron chi connectivity index (χ1n) is 4.93. The van der Waals surface area contributed by atoms with Crippen LogP contribution >= 0.6 is 11.3 Å². The molecule has 0 aliphatic carbocycles. The predicted molar refractivity (Wildman–Crippen MR) is 57.6 cm³/mol. The van der Waals surface area contributed by atoms with Crippen LogP contribution < -0.4 is 4.90 Å². The summed E-state index contributed by atoms with van der Waals surface area (Å²) in [6.07, 6.45) is -4.46. The molecule has 4 nitrogen and oxygen atoms in total. The lowest BCUT2D eigenvalue weighted by Crippen LogP contribution is -2.27. The molecule has 0 spiro atoms. The summed E-state index contributed by atoms with van der Waals surface area (Å²) in [6, 6.07) is 2.03. The van der Waals surface area contributed by atoms with Crippen molar-refractivity contribution in [2.24, 2.45) is 5.92 Å². The third kappa shape index (κ3) is 3.56. The van der Waals surface area contributed by atoms with Crippen LogP contribution in [-0.4, -0.2) is 23.3 Å². The summed E-state index contributed by atoms with van der Waals surface area (Å²) in [7, 11) is 0. The maximum absolute atomic E-state index is 12.3. The SMILES string of the molecule is CCN(CC(C)C#N)c1nnc(C(F)(F)F)s1. The lowest BCUT2D eigenvalue weighted by molar-refractivity contribution is -0.138. The van der Waals surface area contributed by atoms with Crippen molar-refractivity contribution < 1.29 is 13.2 Å². The third-order valence-corrected chi connectivity index (χ3v) is 3.05. The van der Waals surface area contributed by atoms with E-state index in [1.807, 2.05) is 6.07 Å². The van der Waals surface area contributed by atoms with Gasteiger partial charge in [-0.1, -0.05) is 11.3 Å². The Bertz CT molecular complexity index is 409. The molecule has 0 amide bonds. The molecule has 94 valence electrons. The van der Waals surface area contributed by atoms with Gasteiger partial charge in [-0.3, -0.25) is 0 Å². The lowest BCUT2D eigenvalue weighted by atomic mass is 10.2. The number of anilines is 1. The number of rotatable bonds is 4. The quantitative estimate of drug-likeness (QED) is 0.838. The maximum atomic E-state index is 12.3. The Hall–Kier alpha value is -1.36.